The predicted molar refractivity (Wildman–Crippen MR) is 67.2 cm³/mol. The second-order valence-electron chi connectivity index (χ2n) is 3.91. The zero-order chi connectivity index (χ0) is 14.1. The van der Waals surface area contributed by atoms with Crippen LogP contribution in [0.3, 0.4) is 0 Å². The Morgan fingerprint density at radius 3 is 2.90 bits per heavy atom. The molecule has 0 bridgehead atoms. The molecule has 0 radical (unpaired) electrons. The third-order valence-electron chi connectivity index (χ3n) is 2.59. The van der Waals surface area contributed by atoms with Gasteiger partial charge in [0.1, 0.15) is 5.82 Å². The molecule has 0 aliphatic carbocycles. The minimum absolute atomic E-state index is 0.0518. The lowest BCUT2D eigenvalue weighted by atomic mass is 10.3. The Labute approximate surface area is 111 Å². The molecule has 2 aromatic heterocycles. The number of nitrogens with two attached hydrogens (primary N) is 1. The van der Waals surface area contributed by atoms with Gasteiger partial charge < -0.3 is 10.2 Å². The Morgan fingerprint density at radius 2 is 2.15 bits per heavy atom. The van der Waals surface area contributed by atoms with Crippen molar-refractivity contribution < 1.29 is 13.5 Å². The van der Waals surface area contributed by atoms with Crippen molar-refractivity contribution >= 4 is 11.5 Å². The van der Waals surface area contributed by atoms with E-state index < -0.39 is 11.6 Å². The number of hydrogen-bond acceptors (Lipinski definition) is 5. The first-order chi connectivity index (χ1) is 9.67. The van der Waals surface area contributed by atoms with Gasteiger partial charge in [-0.25, -0.2) is 19.6 Å². The molecule has 2 heterocycles. The van der Waals surface area contributed by atoms with Crippen LogP contribution in [0.4, 0.5) is 14.6 Å². The molecule has 0 unspecified atom stereocenters. The van der Waals surface area contributed by atoms with E-state index in [-0.39, 0.29) is 11.6 Å². The number of benzene rings is 1. The topological polar surface area (TPSA) is 77.5 Å². The first-order valence-electron chi connectivity index (χ1n) is 5.60. The van der Waals surface area contributed by atoms with Crippen LogP contribution in [0.2, 0.25) is 0 Å². The molecule has 3 N–H and O–H groups in total. The van der Waals surface area contributed by atoms with Crippen molar-refractivity contribution in [3.63, 3.8) is 0 Å². The van der Waals surface area contributed by atoms with Gasteiger partial charge in [-0.2, -0.15) is 4.98 Å². The molecule has 0 saturated carbocycles. The molecule has 3 aromatic rings. The van der Waals surface area contributed by atoms with E-state index in [0.29, 0.717) is 11.5 Å². The van der Waals surface area contributed by atoms with Crippen LogP contribution < -0.4 is 16.0 Å². The van der Waals surface area contributed by atoms with E-state index in [1.165, 1.54) is 12.3 Å². The lowest BCUT2D eigenvalue weighted by Crippen LogP contribution is -2.10. The number of nitrogens with zero attached hydrogens (tertiary/aromatic N) is 3. The Kier molecular flexibility index (Phi) is 2.92. The molecular formula is C12H9F2N5O. The van der Waals surface area contributed by atoms with Crippen LogP contribution in [-0.2, 0) is 0 Å². The summed E-state index contributed by atoms with van der Waals surface area (Å²) in [5.74, 6) is 3.99. The predicted octanol–water partition coefficient (Wildman–Crippen LogP) is 2.09. The number of hydrazine groups is 1. The molecule has 8 heteroatoms. The Hall–Kier alpha value is -2.74. The standard InChI is InChI=1S/C12H9F2N5O/c13-7-1-2-9(8(14)5-7)20-12-11-16-3-4-19(11)6-10(17-12)18-15/h1-6,18H,15H2. The van der Waals surface area contributed by atoms with E-state index in [4.69, 9.17) is 10.6 Å². The van der Waals surface area contributed by atoms with E-state index in [9.17, 15) is 8.78 Å². The molecule has 1 aromatic carbocycles. The number of aromatic nitrogens is 3. The highest BCUT2D eigenvalue weighted by Crippen LogP contribution is 2.27. The van der Waals surface area contributed by atoms with Crippen LogP contribution in [-0.4, -0.2) is 14.4 Å². The molecule has 0 atom stereocenters. The van der Waals surface area contributed by atoms with E-state index in [1.54, 1.807) is 16.8 Å². The van der Waals surface area contributed by atoms with Gasteiger partial charge in [-0.15, -0.1) is 0 Å². The van der Waals surface area contributed by atoms with Gasteiger partial charge in [-0.3, -0.25) is 4.40 Å². The lowest BCUT2D eigenvalue weighted by molar-refractivity contribution is 0.426. The quantitative estimate of drug-likeness (QED) is 0.566. The van der Waals surface area contributed by atoms with Gasteiger partial charge in [0.25, 0.3) is 5.88 Å². The zero-order valence-electron chi connectivity index (χ0n) is 10.0. The maximum Gasteiger partial charge on any atom is 0.266 e. The highest BCUT2D eigenvalue weighted by molar-refractivity contribution is 5.54. The monoisotopic (exact) mass is 277 g/mol. The smallest absolute Gasteiger partial charge is 0.266 e. The van der Waals surface area contributed by atoms with E-state index >= 15 is 0 Å². The highest BCUT2D eigenvalue weighted by atomic mass is 19.1. The highest BCUT2D eigenvalue weighted by Gasteiger charge is 2.12. The molecule has 0 saturated heterocycles. The number of hydrogen-bond donors (Lipinski definition) is 2. The van der Waals surface area contributed by atoms with Crippen LogP contribution in [0.25, 0.3) is 5.65 Å². The van der Waals surface area contributed by atoms with Gasteiger partial charge in [0.05, 0.1) is 6.20 Å². The molecular weight excluding hydrogens is 268 g/mol. The second-order valence-corrected chi connectivity index (χ2v) is 3.91. The number of ether oxygens (including phenoxy) is 1. The van der Waals surface area contributed by atoms with Crippen molar-refractivity contribution in [3.8, 4) is 11.6 Å². The van der Waals surface area contributed by atoms with Gasteiger partial charge >= 0.3 is 0 Å². The summed E-state index contributed by atoms with van der Waals surface area (Å²) in [6.45, 7) is 0. The van der Waals surface area contributed by atoms with Crippen LogP contribution in [0, 0.1) is 11.6 Å². The fourth-order valence-electron chi connectivity index (χ4n) is 1.70. The van der Waals surface area contributed by atoms with Crippen LogP contribution >= 0.6 is 0 Å². The maximum atomic E-state index is 13.6. The lowest BCUT2D eigenvalue weighted by Gasteiger charge is -2.09. The largest absolute Gasteiger partial charge is 0.433 e. The van der Waals surface area contributed by atoms with Crippen molar-refractivity contribution in [2.24, 2.45) is 5.84 Å². The molecule has 102 valence electrons. The fourth-order valence-corrected chi connectivity index (χ4v) is 1.70. The summed E-state index contributed by atoms with van der Waals surface area (Å²) in [7, 11) is 0. The third kappa shape index (κ3) is 2.12. The van der Waals surface area contributed by atoms with Gasteiger partial charge in [0.2, 0.25) is 5.65 Å². The van der Waals surface area contributed by atoms with Gasteiger partial charge in [0, 0.05) is 18.5 Å². The minimum atomic E-state index is -0.831. The maximum absolute atomic E-state index is 13.6. The molecule has 0 aliphatic heterocycles. The summed E-state index contributed by atoms with van der Waals surface area (Å²) in [5.41, 5.74) is 2.75. The fraction of sp³-hybridized carbons (Fsp3) is 0. The Bertz CT molecular complexity index is 774. The first kappa shape index (κ1) is 12.3. The second kappa shape index (κ2) is 4.74. The molecule has 20 heavy (non-hydrogen) atoms. The first-order valence-corrected chi connectivity index (χ1v) is 5.60. The molecule has 0 fully saturated rings. The van der Waals surface area contributed by atoms with Gasteiger partial charge in [-0.1, -0.05) is 0 Å². The average Bonchev–Trinajstić information content (AvgIpc) is 2.90. The minimum Gasteiger partial charge on any atom is -0.433 e. The van der Waals surface area contributed by atoms with Crippen molar-refractivity contribution in [1.29, 1.82) is 0 Å². The molecule has 6 nitrogen and oxygen atoms in total. The van der Waals surface area contributed by atoms with Crippen molar-refractivity contribution in [3.05, 3.63) is 48.4 Å². The number of halogens is 2. The van der Waals surface area contributed by atoms with Crippen molar-refractivity contribution in [2.45, 2.75) is 0 Å². The Balaban J connectivity index is 2.07. The van der Waals surface area contributed by atoms with E-state index in [2.05, 4.69) is 15.4 Å². The summed E-state index contributed by atoms with van der Waals surface area (Å²) in [5, 5.41) is 0. The number of fused-ring (bicyclic) bond motifs is 1. The summed E-state index contributed by atoms with van der Waals surface area (Å²) in [4.78, 5) is 8.10. The average molecular weight is 277 g/mol. The summed E-state index contributed by atoms with van der Waals surface area (Å²) < 4.78 is 33.4. The van der Waals surface area contributed by atoms with Crippen molar-refractivity contribution in [2.75, 3.05) is 5.43 Å². The van der Waals surface area contributed by atoms with Crippen LogP contribution in [0.5, 0.6) is 11.6 Å². The molecule has 3 rings (SSSR count). The number of nitrogens with one attached hydrogen (secondary N) is 1. The normalized spacial score (nSPS) is 10.8. The number of anilines is 1. The third-order valence-corrected chi connectivity index (χ3v) is 2.59. The zero-order valence-corrected chi connectivity index (χ0v) is 10.0. The Morgan fingerprint density at radius 1 is 1.30 bits per heavy atom. The number of imidazole rings is 1. The SMILES string of the molecule is NNc1cn2ccnc2c(Oc2ccc(F)cc2F)n1. The molecule has 0 aliphatic rings. The molecule has 0 spiro atoms. The van der Waals surface area contributed by atoms with Crippen LogP contribution in [0.15, 0.2) is 36.8 Å². The van der Waals surface area contributed by atoms with Crippen LogP contribution in [0.1, 0.15) is 0 Å². The van der Waals surface area contributed by atoms with Gasteiger partial charge in [0.15, 0.2) is 17.4 Å². The van der Waals surface area contributed by atoms with E-state index in [1.807, 2.05) is 0 Å². The summed E-state index contributed by atoms with van der Waals surface area (Å²) in [6, 6.07) is 2.99. The summed E-state index contributed by atoms with van der Waals surface area (Å²) in [6.07, 6.45) is 4.78. The van der Waals surface area contributed by atoms with Crippen molar-refractivity contribution in [1.82, 2.24) is 14.4 Å². The molecule has 0 amide bonds. The number of rotatable bonds is 3. The van der Waals surface area contributed by atoms with Gasteiger partial charge in [-0.05, 0) is 12.1 Å². The van der Waals surface area contributed by atoms with E-state index in [0.717, 1.165) is 12.1 Å². The summed E-state index contributed by atoms with van der Waals surface area (Å²) >= 11 is 0. The number of nitrogen functional groups attached to an aromatic ring is 1.